The topological polar surface area (TPSA) is 57.7 Å². The number of carbonyl (C=O) groups excluding carboxylic acids is 1. The maximum atomic E-state index is 13.2. The van der Waals surface area contributed by atoms with E-state index in [-0.39, 0.29) is 17.9 Å². The normalized spacial score (nSPS) is 20.7. The molecule has 1 amide bonds. The molecule has 1 saturated heterocycles. The highest BCUT2D eigenvalue weighted by Gasteiger charge is 2.38. The van der Waals surface area contributed by atoms with Gasteiger partial charge < -0.3 is 4.90 Å². The van der Waals surface area contributed by atoms with Crippen molar-refractivity contribution in [1.29, 1.82) is 0 Å². The Kier molecular flexibility index (Phi) is 5.25. The lowest BCUT2D eigenvalue weighted by molar-refractivity contribution is -0.123. The van der Waals surface area contributed by atoms with Crippen molar-refractivity contribution >= 4 is 21.6 Å². The van der Waals surface area contributed by atoms with E-state index in [1.165, 1.54) is 9.87 Å². The highest BCUT2D eigenvalue weighted by molar-refractivity contribution is 7.89. The van der Waals surface area contributed by atoms with Gasteiger partial charge >= 0.3 is 0 Å². The molecule has 1 fully saturated rings. The van der Waals surface area contributed by atoms with E-state index < -0.39 is 10.0 Å². The van der Waals surface area contributed by atoms with Gasteiger partial charge in [-0.2, -0.15) is 4.31 Å². The number of benzene rings is 2. The second-order valence-electron chi connectivity index (χ2n) is 8.34. The molecule has 1 unspecified atom stereocenters. The van der Waals surface area contributed by atoms with Crippen LogP contribution < -0.4 is 4.90 Å². The van der Waals surface area contributed by atoms with Crippen LogP contribution in [0, 0.1) is 19.8 Å². The standard InChI is InChI=1S/C23H28N2O3S/c1-16-8-9-22(17(2)14-16)29(27,28)24-12-10-19(11-13-24)23(26)25-18(3)15-20-6-4-5-7-21(20)25/h4-9,14,18-19H,10-13,15H2,1-3H3. The number of hydrogen-bond donors (Lipinski definition) is 0. The van der Waals surface area contributed by atoms with E-state index in [4.69, 9.17) is 0 Å². The van der Waals surface area contributed by atoms with Crippen LogP contribution in [0.25, 0.3) is 0 Å². The third-order valence-corrected chi connectivity index (χ3v) is 8.25. The van der Waals surface area contributed by atoms with Crippen LogP contribution in [0.1, 0.15) is 36.5 Å². The molecule has 2 aromatic rings. The molecular weight excluding hydrogens is 384 g/mol. The van der Waals surface area contributed by atoms with Gasteiger partial charge in [-0.1, -0.05) is 35.9 Å². The van der Waals surface area contributed by atoms with E-state index in [9.17, 15) is 13.2 Å². The quantitative estimate of drug-likeness (QED) is 0.773. The summed E-state index contributed by atoms with van der Waals surface area (Å²) in [6, 6.07) is 13.6. The molecule has 1 atom stereocenters. The summed E-state index contributed by atoms with van der Waals surface area (Å²) in [5.74, 6) is 0.000172. The second kappa shape index (κ2) is 7.58. The summed E-state index contributed by atoms with van der Waals surface area (Å²) < 4.78 is 27.7. The van der Waals surface area contributed by atoms with Crippen LogP contribution in [-0.2, 0) is 21.2 Å². The molecule has 0 radical (unpaired) electrons. The first-order valence-corrected chi connectivity index (χ1v) is 11.7. The minimum Gasteiger partial charge on any atom is -0.309 e. The summed E-state index contributed by atoms with van der Waals surface area (Å²) in [5, 5.41) is 0. The van der Waals surface area contributed by atoms with Crippen molar-refractivity contribution in [3.8, 4) is 0 Å². The molecule has 6 heteroatoms. The van der Waals surface area contributed by atoms with E-state index in [0.717, 1.165) is 23.2 Å². The van der Waals surface area contributed by atoms with Gasteiger partial charge in [-0.15, -0.1) is 0 Å². The van der Waals surface area contributed by atoms with Crippen LogP contribution in [0.4, 0.5) is 5.69 Å². The van der Waals surface area contributed by atoms with E-state index in [1.807, 2.05) is 49.1 Å². The molecular formula is C23H28N2O3S. The largest absolute Gasteiger partial charge is 0.309 e. The molecule has 0 saturated carbocycles. The lowest BCUT2D eigenvalue weighted by atomic mass is 9.96. The number of rotatable bonds is 3. The molecule has 0 bridgehead atoms. The summed E-state index contributed by atoms with van der Waals surface area (Å²) in [6.45, 7) is 6.64. The van der Waals surface area contributed by atoms with Gasteiger partial charge in [0.1, 0.15) is 0 Å². The van der Waals surface area contributed by atoms with Gasteiger partial charge in [0.25, 0.3) is 0 Å². The smallest absolute Gasteiger partial charge is 0.243 e. The molecule has 0 spiro atoms. The minimum atomic E-state index is -3.53. The number of nitrogens with zero attached hydrogens (tertiary/aromatic N) is 2. The van der Waals surface area contributed by atoms with Crippen LogP contribution >= 0.6 is 0 Å². The van der Waals surface area contributed by atoms with Crippen LogP contribution in [-0.4, -0.2) is 37.8 Å². The molecule has 2 aliphatic heterocycles. The summed E-state index contributed by atoms with van der Waals surface area (Å²) >= 11 is 0. The van der Waals surface area contributed by atoms with Crippen LogP contribution in [0.15, 0.2) is 47.4 Å². The van der Waals surface area contributed by atoms with Gasteiger partial charge in [0, 0.05) is 30.7 Å². The van der Waals surface area contributed by atoms with Crippen molar-refractivity contribution in [2.45, 2.75) is 51.0 Å². The molecule has 29 heavy (non-hydrogen) atoms. The molecule has 0 aliphatic carbocycles. The predicted octanol–water partition coefficient (Wildman–Crippen LogP) is 3.68. The molecule has 2 aromatic carbocycles. The highest BCUT2D eigenvalue weighted by Crippen LogP contribution is 2.35. The average Bonchev–Trinajstić information content (AvgIpc) is 3.03. The Balaban J connectivity index is 1.48. The van der Waals surface area contributed by atoms with Crippen molar-refractivity contribution in [3.63, 3.8) is 0 Å². The van der Waals surface area contributed by atoms with Crippen molar-refractivity contribution in [1.82, 2.24) is 4.31 Å². The average molecular weight is 413 g/mol. The van der Waals surface area contributed by atoms with Gasteiger partial charge in [-0.05, 0) is 63.3 Å². The Morgan fingerprint density at radius 3 is 2.41 bits per heavy atom. The molecule has 5 nitrogen and oxygen atoms in total. The van der Waals surface area contributed by atoms with Gasteiger partial charge in [-0.3, -0.25) is 4.79 Å². The fraction of sp³-hybridized carbons (Fsp3) is 0.435. The van der Waals surface area contributed by atoms with E-state index in [1.54, 1.807) is 6.07 Å². The number of carbonyl (C=O) groups is 1. The zero-order chi connectivity index (χ0) is 20.8. The number of anilines is 1. The summed E-state index contributed by atoms with van der Waals surface area (Å²) in [4.78, 5) is 15.5. The zero-order valence-corrected chi connectivity index (χ0v) is 18.1. The highest BCUT2D eigenvalue weighted by atomic mass is 32.2. The van der Waals surface area contributed by atoms with Crippen molar-refractivity contribution < 1.29 is 13.2 Å². The van der Waals surface area contributed by atoms with E-state index in [0.29, 0.717) is 30.8 Å². The van der Waals surface area contributed by atoms with Crippen LogP contribution in [0.5, 0.6) is 0 Å². The Bertz CT molecular complexity index is 1040. The summed E-state index contributed by atoms with van der Waals surface area (Å²) in [7, 11) is -3.53. The SMILES string of the molecule is Cc1ccc(S(=O)(=O)N2CCC(C(=O)N3c4ccccc4CC3C)CC2)c(C)c1. The lowest BCUT2D eigenvalue weighted by Crippen LogP contribution is -2.46. The van der Waals surface area contributed by atoms with Gasteiger partial charge in [0.15, 0.2) is 0 Å². The number of para-hydroxylation sites is 1. The Morgan fingerprint density at radius 1 is 1.03 bits per heavy atom. The molecule has 154 valence electrons. The fourth-order valence-corrected chi connectivity index (χ4v) is 6.34. The van der Waals surface area contributed by atoms with Gasteiger partial charge in [-0.25, -0.2) is 8.42 Å². The number of amides is 1. The van der Waals surface area contributed by atoms with E-state index >= 15 is 0 Å². The van der Waals surface area contributed by atoms with E-state index in [2.05, 4.69) is 13.0 Å². The first kappa shape index (κ1) is 20.1. The minimum absolute atomic E-state index is 0.130. The third-order valence-electron chi connectivity index (χ3n) is 6.20. The fourth-order valence-electron chi connectivity index (χ4n) is 4.67. The maximum absolute atomic E-state index is 13.2. The van der Waals surface area contributed by atoms with Gasteiger partial charge in [0.05, 0.1) is 4.90 Å². The number of fused-ring (bicyclic) bond motifs is 1. The maximum Gasteiger partial charge on any atom is 0.243 e. The monoisotopic (exact) mass is 412 g/mol. The zero-order valence-electron chi connectivity index (χ0n) is 17.3. The Hall–Kier alpha value is -2.18. The first-order chi connectivity index (χ1) is 13.8. The number of hydrogen-bond acceptors (Lipinski definition) is 3. The van der Waals surface area contributed by atoms with Crippen molar-refractivity contribution in [2.75, 3.05) is 18.0 Å². The Labute approximate surface area is 173 Å². The van der Waals surface area contributed by atoms with Gasteiger partial charge in [0.2, 0.25) is 15.9 Å². The number of aryl methyl sites for hydroxylation is 2. The molecule has 0 N–H and O–H groups in total. The molecule has 0 aromatic heterocycles. The lowest BCUT2D eigenvalue weighted by Gasteiger charge is -2.34. The third kappa shape index (κ3) is 3.60. The Morgan fingerprint density at radius 2 is 1.72 bits per heavy atom. The summed E-state index contributed by atoms with van der Waals surface area (Å²) in [5.41, 5.74) is 4.04. The number of piperidine rings is 1. The second-order valence-corrected chi connectivity index (χ2v) is 10.2. The van der Waals surface area contributed by atoms with Crippen molar-refractivity contribution in [2.24, 2.45) is 5.92 Å². The molecule has 4 rings (SSSR count). The first-order valence-electron chi connectivity index (χ1n) is 10.3. The summed E-state index contributed by atoms with van der Waals surface area (Å²) in [6.07, 6.45) is 2.00. The molecule has 2 heterocycles. The van der Waals surface area contributed by atoms with Crippen molar-refractivity contribution in [3.05, 3.63) is 59.2 Å². The van der Waals surface area contributed by atoms with Crippen LogP contribution in [0.3, 0.4) is 0 Å². The molecule has 2 aliphatic rings. The van der Waals surface area contributed by atoms with Crippen LogP contribution in [0.2, 0.25) is 0 Å². The number of sulfonamides is 1. The predicted molar refractivity (Wildman–Crippen MR) is 114 cm³/mol.